The quantitative estimate of drug-likeness (QED) is 0.136. The van der Waals surface area contributed by atoms with Crippen molar-refractivity contribution in [3.05, 3.63) is 0 Å². The molecule has 1 unspecified atom stereocenters. The predicted molar refractivity (Wildman–Crippen MR) is 124 cm³/mol. The van der Waals surface area contributed by atoms with Gasteiger partial charge in [-0.1, -0.05) is 0 Å². The fourth-order valence-electron chi connectivity index (χ4n) is 4.15. The Morgan fingerprint density at radius 3 is 2.06 bits per heavy atom. The summed E-state index contributed by atoms with van der Waals surface area (Å²) >= 11 is 0. The minimum absolute atomic E-state index is 0.0113. The van der Waals surface area contributed by atoms with E-state index in [1.807, 2.05) is 0 Å². The van der Waals surface area contributed by atoms with Gasteiger partial charge in [-0.3, -0.25) is 29.0 Å². The van der Waals surface area contributed by atoms with Crippen LogP contribution >= 0.6 is 0 Å². The fourth-order valence-corrected chi connectivity index (χ4v) is 4.15. The summed E-state index contributed by atoms with van der Waals surface area (Å²) in [5, 5.41) is 16.6. The molecule has 0 radical (unpaired) electrons. The molecule has 188 valence electrons. The van der Waals surface area contributed by atoms with Gasteiger partial charge in [0.05, 0.1) is 6.54 Å². The third-order valence-electron chi connectivity index (χ3n) is 6.15. The SMILES string of the molecule is CN1CC[15N]([13CH2][13CH]2[13CH2][13CH2][13CH2][15N]2CC(=O)[15NH][13CH2][13CH2][13C](=O)NCC[13C](=O)NCCCC(=O)O)[13CH2][13CH2]1. The molecule has 0 saturated carbocycles. The van der Waals surface area contributed by atoms with Gasteiger partial charge in [-0.25, -0.2) is 0 Å². The monoisotopic (exact) mass is 482 g/mol. The van der Waals surface area contributed by atoms with Gasteiger partial charge in [-0.15, -0.1) is 0 Å². The molecule has 11 heteroatoms. The number of likely N-dealkylation sites (N-methyl/N-ethyl adjacent to an activating group) is 1. The number of hydrogen-bond acceptors (Lipinski definition) is 7. The number of nitrogens with one attached hydrogen (secondary N) is 3. The van der Waals surface area contributed by atoms with Gasteiger partial charge >= 0.3 is 5.97 Å². The molecule has 0 aromatic carbocycles. The van der Waals surface area contributed by atoms with Crippen molar-refractivity contribution in [1.82, 2.24) is 30.7 Å². The summed E-state index contributed by atoms with van der Waals surface area (Å²) in [6.07, 6.45) is 2.92. The van der Waals surface area contributed by atoms with Crippen molar-refractivity contribution in [2.45, 2.75) is 44.6 Å². The maximum atomic E-state index is 12.3. The van der Waals surface area contributed by atoms with E-state index < -0.39 is 5.97 Å². The van der Waals surface area contributed by atoms with Crippen LogP contribution in [-0.4, -0.2) is 122 Å². The van der Waals surface area contributed by atoms with E-state index in [0.29, 0.717) is 25.6 Å². The van der Waals surface area contributed by atoms with Crippen LogP contribution in [0.5, 0.6) is 0 Å². The van der Waals surface area contributed by atoms with Crippen LogP contribution in [0.4, 0.5) is 0 Å². The normalized spacial score (nSPS) is 19.8. The maximum Gasteiger partial charge on any atom is 0.303 e. The van der Waals surface area contributed by atoms with Crippen molar-refractivity contribution in [1.29, 1.82) is 0 Å². The van der Waals surface area contributed by atoms with E-state index in [4.69, 9.17) is 5.11 Å². The molecule has 3 amide bonds. The lowest BCUT2D eigenvalue weighted by Crippen LogP contribution is -2.50. The van der Waals surface area contributed by atoms with Crippen molar-refractivity contribution >= 4 is 23.7 Å². The van der Waals surface area contributed by atoms with Crippen molar-refractivity contribution in [3.8, 4) is 0 Å². The van der Waals surface area contributed by atoms with Gasteiger partial charge in [0.25, 0.3) is 0 Å². The zero-order chi connectivity index (χ0) is 24.1. The summed E-state index contributed by atoms with van der Waals surface area (Å²) in [4.78, 5) is 53.4. The minimum atomic E-state index is -0.894. The first-order chi connectivity index (χ1) is 15.8. The maximum absolute atomic E-state index is 12.3. The zero-order valence-corrected chi connectivity index (χ0v) is 19.8. The number of aliphatic carboxylic acids is 1. The second-order valence-corrected chi connectivity index (χ2v) is 8.92. The first kappa shape index (κ1) is 27.0. The molecule has 33 heavy (non-hydrogen) atoms. The average Bonchev–Trinajstić information content (AvgIpc) is 3.19. The molecule has 0 aliphatic carbocycles. The van der Waals surface area contributed by atoms with Gasteiger partial charge in [0.1, 0.15) is 0 Å². The predicted octanol–water partition coefficient (Wildman–Crippen LogP) is -1.31. The van der Waals surface area contributed by atoms with E-state index in [1.165, 1.54) is 0 Å². The van der Waals surface area contributed by atoms with Crippen LogP contribution in [0.1, 0.15) is 38.5 Å². The minimum Gasteiger partial charge on any atom is -0.481 e. The Morgan fingerprint density at radius 1 is 0.818 bits per heavy atom. The summed E-state index contributed by atoms with van der Waals surface area (Å²) in [5.74, 6) is -1.41. The number of amides is 3. The highest BCUT2D eigenvalue weighted by Gasteiger charge is 2.28. The summed E-state index contributed by atoms with van der Waals surface area (Å²) in [6.45, 7) is 7.42. The van der Waals surface area contributed by atoms with Crippen LogP contribution < -0.4 is 16.0 Å². The highest BCUT2D eigenvalue weighted by atomic mass is 16.4. The largest absolute Gasteiger partial charge is 0.481 e. The van der Waals surface area contributed by atoms with Gasteiger partial charge in [-0.2, -0.15) is 0 Å². The van der Waals surface area contributed by atoms with Crippen molar-refractivity contribution < 1.29 is 24.3 Å². The van der Waals surface area contributed by atoms with Gasteiger partial charge < -0.3 is 26.0 Å². The molecule has 0 aromatic heterocycles. The highest BCUT2D eigenvalue weighted by Crippen LogP contribution is 2.18. The molecule has 1 atom stereocenters. The van der Waals surface area contributed by atoms with Crippen LogP contribution in [0.2, 0.25) is 0 Å². The molecule has 2 heterocycles. The molecule has 0 bridgehead atoms. The van der Waals surface area contributed by atoms with E-state index in [1.54, 1.807) is 0 Å². The molecule has 2 saturated heterocycles. The number of nitrogens with zero attached hydrogens (tertiary/aromatic N) is 3. The summed E-state index contributed by atoms with van der Waals surface area (Å²) < 4.78 is 0. The molecule has 2 aliphatic rings. The van der Waals surface area contributed by atoms with E-state index >= 15 is 0 Å². The van der Waals surface area contributed by atoms with Crippen LogP contribution in [0.25, 0.3) is 0 Å². The lowest BCUT2D eigenvalue weighted by Gasteiger charge is -2.36. The molecular weight excluding hydrogens is 442 g/mol. The van der Waals surface area contributed by atoms with Crippen molar-refractivity contribution in [2.75, 3.05) is 72.5 Å². The van der Waals surface area contributed by atoms with E-state index in [0.717, 1.165) is 52.1 Å². The number of carboxylic acid groups (broad SMARTS) is 1. The number of likely N-dealkylation sites (tertiary alicyclic amines) is 1. The van der Waals surface area contributed by atoms with Crippen LogP contribution in [0.3, 0.4) is 0 Å². The Morgan fingerprint density at radius 2 is 1.42 bits per heavy atom. The highest BCUT2D eigenvalue weighted by molar-refractivity contribution is 5.81. The topological polar surface area (TPSA) is 134 Å². The molecule has 2 rings (SSSR count). The van der Waals surface area contributed by atoms with Crippen LogP contribution in [-0.2, 0) is 19.2 Å². The molecule has 0 spiro atoms. The standard InChI is InChI=1S/C22H40N6O5/c1-26-12-14-27(15-13-26)16-18-4-3-11-28(18)17-21(31)25-10-7-20(30)24-9-6-19(29)23-8-2-5-22(32)33/h18H,2-17H2,1H3,(H,23,29)(H,24,30)(H,25,31)(H,32,33)/i3+1,4+1,7+1,10+1,11+1,12+1,14+1,16+1,18+1,19+1,20+1,25+1,27+1,28+1. The van der Waals surface area contributed by atoms with E-state index in [9.17, 15) is 19.2 Å². The van der Waals surface area contributed by atoms with Gasteiger partial charge in [0, 0.05) is 77.7 Å². The third-order valence-corrected chi connectivity index (χ3v) is 6.15. The van der Waals surface area contributed by atoms with Crippen LogP contribution in [0, 0.1) is 0 Å². The number of carbonyl (C=O) groups is 4. The fraction of sp³-hybridized carbons (Fsp3) is 0.818. The summed E-state index contributed by atoms with van der Waals surface area (Å²) in [7, 11) is 2.15. The lowest BCUT2D eigenvalue weighted by molar-refractivity contribution is -0.137. The smallest absolute Gasteiger partial charge is 0.303 e. The number of piperazine rings is 1. The van der Waals surface area contributed by atoms with E-state index in [2.05, 4.69) is 37.7 Å². The third kappa shape index (κ3) is 11.4. The summed E-state index contributed by atoms with van der Waals surface area (Å²) in [6, 6.07) is 0.415. The number of carbonyl (C=O) groups excluding carboxylic acids is 3. The molecule has 2 fully saturated rings. The Hall–Kier alpha value is -2.24. The van der Waals surface area contributed by atoms with Gasteiger partial charge in [-0.05, 0) is 32.9 Å². The van der Waals surface area contributed by atoms with E-state index in [-0.39, 0.29) is 50.1 Å². The van der Waals surface area contributed by atoms with Crippen molar-refractivity contribution in [2.24, 2.45) is 0 Å². The molecule has 2 aliphatic heterocycles. The second kappa shape index (κ2) is 14.8. The van der Waals surface area contributed by atoms with Gasteiger partial charge in [0.2, 0.25) is 17.7 Å². The average molecular weight is 482 g/mol. The lowest BCUT2D eigenvalue weighted by atomic mass is 10.3. The molecule has 11 nitrogen and oxygen atoms in total. The Balaban J connectivity index is 1.52. The van der Waals surface area contributed by atoms with Gasteiger partial charge in [0.15, 0.2) is 0 Å². The first-order valence-corrected chi connectivity index (χ1v) is 12.0. The number of hydrogen-bond donors (Lipinski definition) is 4. The second-order valence-electron chi connectivity index (χ2n) is 8.92. The first-order valence-electron chi connectivity index (χ1n) is 12.0. The number of carboxylic acids is 1. The Bertz CT molecular complexity index is 653. The Kier molecular flexibility index (Phi) is 12.1. The zero-order valence-electron chi connectivity index (χ0n) is 19.8. The number of rotatable bonds is 14. The molecule has 4 N–H and O–H groups in total. The van der Waals surface area contributed by atoms with Crippen LogP contribution in [0.15, 0.2) is 0 Å². The Labute approximate surface area is 196 Å². The molecular formula is C22H40N6O5. The van der Waals surface area contributed by atoms with Crippen molar-refractivity contribution in [3.63, 3.8) is 0 Å². The molecule has 0 aromatic rings. The summed E-state index contributed by atoms with van der Waals surface area (Å²) in [5.41, 5.74) is 0.